The number of nitrogens with zero attached hydrogens (tertiary/aromatic N) is 1. The Bertz CT molecular complexity index is 228. The van der Waals surface area contributed by atoms with Crippen LogP contribution in [0.25, 0.3) is 0 Å². The monoisotopic (exact) mass is 224 g/mol. The molecule has 0 aromatic heterocycles. The minimum Gasteiger partial charge on any atom is -0.303 e. The molecule has 0 aromatic rings. The first-order valence-electron chi connectivity index (χ1n) is 6.80. The van der Waals surface area contributed by atoms with Gasteiger partial charge in [-0.2, -0.15) is 0 Å². The molecule has 3 nitrogen and oxygen atoms in total. The summed E-state index contributed by atoms with van der Waals surface area (Å²) in [6.45, 7) is 1.66. The van der Waals surface area contributed by atoms with Crippen molar-refractivity contribution in [2.45, 2.75) is 38.1 Å². The molecule has 0 atom stereocenters. The molecular formula is C13H24N2O. The van der Waals surface area contributed by atoms with Gasteiger partial charge in [-0.25, -0.2) is 5.90 Å². The van der Waals surface area contributed by atoms with E-state index in [1.807, 2.05) is 0 Å². The Morgan fingerprint density at radius 2 is 1.62 bits per heavy atom. The molecule has 0 aromatic carbocycles. The van der Waals surface area contributed by atoms with Crippen molar-refractivity contribution in [3.63, 3.8) is 0 Å². The summed E-state index contributed by atoms with van der Waals surface area (Å²) >= 11 is 0. The van der Waals surface area contributed by atoms with E-state index in [1.165, 1.54) is 32.1 Å². The lowest BCUT2D eigenvalue weighted by atomic mass is 9.54. The molecule has 0 saturated heterocycles. The molecule has 0 heterocycles. The molecule has 2 N–H and O–H groups in total. The lowest BCUT2D eigenvalue weighted by Crippen LogP contribution is -2.55. The molecule has 3 heteroatoms. The predicted molar refractivity (Wildman–Crippen MR) is 63.6 cm³/mol. The largest absolute Gasteiger partial charge is 0.303 e. The maximum atomic E-state index is 5.12. The number of rotatable bonds is 4. The van der Waals surface area contributed by atoms with Gasteiger partial charge in [0.15, 0.2) is 0 Å². The number of likely N-dealkylation sites (N-methyl/N-ethyl adjacent to an activating group) is 1. The van der Waals surface area contributed by atoms with Gasteiger partial charge in [-0.15, -0.1) is 0 Å². The Morgan fingerprint density at radius 1 is 1.06 bits per heavy atom. The van der Waals surface area contributed by atoms with E-state index in [-0.39, 0.29) is 0 Å². The topological polar surface area (TPSA) is 38.5 Å². The van der Waals surface area contributed by atoms with Crippen LogP contribution in [0, 0.1) is 23.7 Å². The fourth-order valence-electron chi connectivity index (χ4n) is 4.96. The van der Waals surface area contributed by atoms with Gasteiger partial charge in [-0.3, -0.25) is 0 Å². The zero-order valence-corrected chi connectivity index (χ0v) is 10.3. The van der Waals surface area contributed by atoms with Crippen molar-refractivity contribution in [2.75, 3.05) is 20.2 Å². The van der Waals surface area contributed by atoms with E-state index in [9.17, 15) is 0 Å². The Labute approximate surface area is 98.3 Å². The molecule has 0 unspecified atom stereocenters. The van der Waals surface area contributed by atoms with Crippen molar-refractivity contribution < 1.29 is 4.84 Å². The van der Waals surface area contributed by atoms with Crippen LogP contribution in [0.15, 0.2) is 0 Å². The highest BCUT2D eigenvalue weighted by Gasteiger charge is 2.49. The van der Waals surface area contributed by atoms with Crippen LogP contribution in [0.4, 0.5) is 0 Å². The molecular weight excluding hydrogens is 200 g/mol. The Balaban J connectivity index is 1.67. The molecule has 16 heavy (non-hydrogen) atoms. The molecule has 4 fully saturated rings. The van der Waals surface area contributed by atoms with Gasteiger partial charge >= 0.3 is 0 Å². The van der Waals surface area contributed by atoms with Crippen LogP contribution in [0.5, 0.6) is 0 Å². The first-order valence-corrected chi connectivity index (χ1v) is 6.80. The molecule has 92 valence electrons. The van der Waals surface area contributed by atoms with Crippen LogP contribution in [-0.2, 0) is 4.84 Å². The Morgan fingerprint density at radius 3 is 2.12 bits per heavy atom. The highest BCUT2D eigenvalue weighted by Crippen LogP contribution is 2.54. The fourth-order valence-corrected chi connectivity index (χ4v) is 4.96. The number of hydrogen-bond acceptors (Lipinski definition) is 3. The van der Waals surface area contributed by atoms with E-state index >= 15 is 0 Å². The van der Waals surface area contributed by atoms with E-state index in [0.717, 1.165) is 36.3 Å². The lowest BCUT2D eigenvalue weighted by Gasteiger charge is -2.56. The van der Waals surface area contributed by atoms with Gasteiger partial charge in [0.2, 0.25) is 0 Å². The third kappa shape index (κ3) is 1.79. The van der Waals surface area contributed by atoms with Gasteiger partial charge in [0.05, 0.1) is 6.61 Å². The van der Waals surface area contributed by atoms with Gasteiger partial charge < -0.3 is 9.74 Å². The van der Waals surface area contributed by atoms with Crippen LogP contribution in [0.1, 0.15) is 32.1 Å². The Hall–Kier alpha value is -0.120. The molecule has 0 aliphatic heterocycles. The van der Waals surface area contributed by atoms with Crippen molar-refractivity contribution in [3.05, 3.63) is 0 Å². The van der Waals surface area contributed by atoms with E-state index in [4.69, 9.17) is 10.7 Å². The van der Waals surface area contributed by atoms with Gasteiger partial charge in [-0.1, -0.05) is 0 Å². The van der Waals surface area contributed by atoms with Crippen LogP contribution in [0.3, 0.4) is 0 Å². The molecule has 0 spiro atoms. The van der Waals surface area contributed by atoms with Crippen molar-refractivity contribution in [2.24, 2.45) is 29.6 Å². The van der Waals surface area contributed by atoms with Crippen molar-refractivity contribution >= 4 is 0 Å². The summed E-state index contributed by atoms with van der Waals surface area (Å²) in [7, 11) is 2.26. The lowest BCUT2D eigenvalue weighted by molar-refractivity contribution is -0.0627. The minimum absolute atomic E-state index is 0.666. The highest BCUT2D eigenvalue weighted by atomic mass is 16.6. The molecule has 0 radical (unpaired) electrons. The zero-order valence-electron chi connectivity index (χ0n) is 10.3. The molecule has 0 amide bonds. The molecule has 4 rings (SSSR count). The van der Waals surface area contributed by atoms with Crippen molar-refractivity contribution in [1.82, 2.24) is 4.90 Å². The summed E-state index contributed by atoms with van der Waals surface area (Å²) in [6, 6.07) is 0.822. The molecule has 4 aliphatic rings. The molecule has 4 saturated carbocycles. The smallest absolute Gasteiger partial charge is 0.0806 e. The number of nitrogens with two attached hydrogens (primary N) is 1. The highest BCUT2D eigenvalue weighted by molar-refractivity contribution is 5.01. The first kappa shape index (κ1) is 11.0. The second-order valence-corrected chi connectivity index (χ2v) is 6.27. The van der Waals surface area contributed by atoms with Gasteiger partial charge in [-0.05, 0) is 62.8 Å². The van der Waals surface area contributed by atoms with Crippen LogP contribution >= 0.6 is 0 Å². The summed E-state index contributed by atoms with van der Waals surface area (Å²) < 4.78 is 0. The number of hydrogen-bond donors (Lipinski definition) is 1. The quantitative estimate of drug-likeness (QED) is 0.738. The summed E-state index contributed by atoms with van der Waals surface area (Å²) in [5, 5.41) is 0. The van der Waals surface area contributed by atoms with Crippen LogP contribution in [-0.4, -0.2) is 31.1 Å². The van der Waals surface area contributed by atoms with Crippen molar-refractivity contribution in [1.29, 1.82) is 0 Å². The maximum Gasteiger partial charge on any atom is 0.0806 e. The summed E-state index contributed by atoms with van der Waals surface area (Å²) in [4.78, 5) is 7.23. The summed E-state index contributed by atoms with van der Waals surface area (Å²) in [6.07, 6.45) is 7.50. The summed E-state index contributed by atoms with van der Waals surface area (Å²) in [5.74, 6) is 9.20. The van der Waals surface area contributed by atoms with Crippen molar-refractivity contribution in [3.8, 4) is 0 Å². The normalized spacial score (nSPS) is 45.6. The van der Waals surface area contributed by atoms with E-state index < -0.39 is 0 Å². The maximum absolute atomic E-state index is 5.12. The third-order valence-electron chi connectivity index (χ3n) is 5.25. The second-order valence-electron chi connectivity index (χ2n) is 6.27. The van der Waals surface area contributed by atoms with Crippen LogP contribution in [0.2, 0.25) is 0 Å². The van der Waals surface area contributed by atoms with Gasteiger partial charge in [0.1, 0.15) is 0 Å². The first-order chi connectivity index (χ1) is 7.78. The van der Waals surface area contributed by atoms with Gasteiger partial charge in [0.25, 0.3) is 0 Å². The zero-order chi connectivity index (χ0) is 11.1. The Kier molecular flexibility index (Phi) is 2.94. The molecule has 4 aliphatic carbocycles. The average molecular weight is 224 g/mol. The standard InChI is InChI=1S/C13H24N2O/c1-15(2-3-16-14)13-11-5-9-4-10(7-11)8-12(13)6-9/h9-13H,2-8,14H2,1H3. The predicted octanol–water partition coefficient (Wildman–Crippen LogP) is 1.63. The summed E-state index contributed by atoms with van der Waals surface area (Å²) in [5.41, 5.74) is 0. The second kappa shape index (κ2) is 4.28. The van der Waals surface area contributed by atoms with E-state index in [0.29, 0.717) is 6.61 Å². The van der Waals surface area contributed by atoms with Crippen LogP contribution < -0.4 is 5.90 Å². The fraction of sp³-hybridized carbons (Fsp3) is 1.00. The SMILES string of the molecule is CN(CCON)C1C2CC3CC(C2)CC1C3. The minimum atomic E-state index is 0.666. The van der Waals surface area contributed by atoms with Gasteiger partial charge in [0, 0.05) is 12.6 Å². The third-order valence-corrected chi connectivity index (χ3v) is 5.25. The van der Waals surface area contributed by atoms with E-state index in [2.05, 4.69) is 11.9 Å². The van der Waals surface area contributed by atoms with E-state index in [1.54, 1.807) is 0 Å². The average Bonchev–Trinajstić information content (AvgIpc) is 2.24. The molecule has 4 bridgehead atoms.